The maximum atomic E-state index is 12.6. The van der Waals surface area contributed by atoms with Crippen LogP contribution >= 0.6 is 0 Å². The molecule has 0 aliphatic carbocycles. The fourth-order valence-electron chi connectivity index (χ4n) is 3.31. The van der Waals surface area contributed by atoms with Gasteiger partial charge in [0.2, 0.25) is 0 Å². The highest BCUT2D eigenvalue weighted by molar-refractivity contribution is 7.91. The van der Waals surface area contributed by atoms with Gasteiger partial charge in [-0.2, -0.15) is 0 Å². The quantitative estimate of drug-likeness (QED) is 0.884. The van der Waals surface area contributed by atoms with E-state index in [4.69, 9.17) is 0 Å². The van der Waals surface area contributed by atoms with Crippen LogP contribution in [-0.4, -0.2) is 49.4 Å². The van der Waals surface area contributed by atoms with Gasteiger partial charge in [0, 0.05) is 12.1 Å². The van der Waals surface area contributed by atoms with Gasteiger partial charge in [0.15, 0.2) is 9.84 Å². The number of likely N-dealkylation sites (tertiary alicyclic amines) is 1. The lowest BCUT2D eigenvalue weighted by molar-refractivity contribution is 0.0169. The third-order valence-electron chi connectivity index (χ3n) is 5.21. The van der Waals surface area contributed by atoms with Crippen LogP contribution in [0.25, 0.3) is 0 Å². The van der Waals surface area contributed by atoms with E-state index in [0.29, 0.717) is 11.4 Å². The standard InChI is InChI=1S/C19H31NO3S/c1-18(2,3)16-7-9-17(10-8-16)24(22,23)14-13-20-12-6-5-11-19(20,4)15-21/h7-10,21H,5-6,11-15H2,1-4H3/t19-/m0/s1. The van der Waals surface area contributed by atoms with Crippen molar-refractivity contribution in [2.45, 2.75) is 62.8 Å². The van der Waals surface area contributed by atoms with E-state index in [-0.39, 0.29) is 23.3 Å². The summed E-state index contributed by atoms with van der Waals surface area (Å²) in [5.74, 6) is 0.0947. The van der Waals surface area contributed by atoms with Crippen LogP contribution in [0.1, 0.15) is 52.5 Å². The molecular formula is C19H31NO3S. The van der Waals surface area contributed by atoms with E-state index >= 15 is 0 Å². The lowest BCUT2D eigenvalue weighted by Crippen LogP contribution is -2.53. The first-order chi connectivity index (χ1) is 11.1. The van der Waals surface area contributed by atoms with Crippen molar-refractivity contribution in [1.82, 2.24) is 4.90 Å². The molecule has 1 heterocycles. The molecule has 1 aliphatic heterocycles. The summed E-state index contributed by atoms with van der Waals surface area (Å²) in [5.41, 5.74) is 0.855. The number of nitrogens with zero attached hydrogens (tertiary/aromatic N) is 1. The van der Waals surface area contributed by atoms with E-state index in [0.717, 1.165) is 31.4 Å². The number of rotatable bonds is 5. The first-order valence-electron chi connectivity index (χ1n) is 8.78. The van der Waals surface area contributed by atoms with Crippen LogP contribution in [0.15, 0.2) is 29.2 Å². The Morgan fingerprint density at radius 3 is 2.33 bits per heavy atom. The molecule has 0 amide bonds. The highest BCUT2D eigenvalue weighted by Crippen LogP contribution is 2.28. The molecule has 0 spiro atoms. The second-order valence-electron chi connectivity index (χ2n) is 8.19. The number of aliphatic hydroxyl groups excluding tert-OH is 1. The van der Waals surface area contributed by atoms with Crippen LogP contribution in [0.5, 0.6) is 0 Å². The molecule has 136 valence electrons. The summed E-state index contributed by atoms with van der Waals surface area (Å²) in [7, 11) is -3.30. The first-order valence-corrected chi connectivity index (χ1v) is 10.4. The molecule has 1 aliphatic rings. The lowest BCUT2D eigenvalue weighted by atomic mass is 9.87. The Kier molecular flexibility index (Phi) is 5.78. The van der Waals surface area contributed by atoms with Gasteiger partial charge in [-0.3, -0.25) is 4.90 Å². The van der Waals surface area contributed by atoms with E-state index in [1.807, 2.05) is 19.1 Å². The molecular weight excluding hydrogens is 322 g/mol. The third kappa shape index (κ3) is 4.38. The second-order valence-corrected chi connectivity index (χ2v) is 10.3. The Morgan fingerprint density at radius 2 is 1.79 bits per heavy atom. The Balaban J connectivity index is 2.08. The predicted octanol–water partition coefficient (Wildman–Crippen LogP) is 2.99. The normalized spacial score (nSPS) is 23.4. The number of aliphatic hydroxyl groups is 1. The van der Waals surface area contributed by atoms with Crippen LogP contribution < -0.4 is 0 Å². The number of piperidine rings is 1. The van der Waals surface area contributed by atoms with Gasteiger partial charge in [-0.1, -0.05) is 39.3 Å². The fourth-order valence-corrected chi connectivity index (χ4v) is 4.56. The minimum atomic E-state index is -3.30. The van der Waals surface area contributed by atoms with Crippen molar-refractivity contribution >= 4 is 9.84 Å². The molecule has 24 heavy (non-hydrogen) atoms. The van der Waals surface area contributed by atoms with Gasteiger partial charge in [-0.25, -0.2) is 8.42 Å². The number of hydrogen-bond donors (Lipinski definition) is 1. The van der Waals surface area contributed by atoms with Gasteiger partial charge in [-0.05, 0) is 49.4 Å². The van der Waals surface area contributed by atoms with Crippen molar-refractivity contribution in [1.29, 1.82) is 0 Å². The molecule has 2 rings (SSSR count). The van der Waals surface area contributed by atoms with Crippen molar-refractivity contribution < 1.29 is 13.5 Å². The van der Waals surface area contributed by atoms with E-state index in [9.17, 15) is 13.5 Å². The SMILES string of the molecule is CC(C)(C)c1ccc(S(=O)(=O)CCN2CCCC[C@@]2(C)CO)cc1. The van der Waals surface area contributed by atoms with Crippen molar-refractivity contribution in [3.8, 4) is 0 Å². The Labute approximate surface area is 146 Å². The largest absolute Gasteiger partial charge is 0.394 e. The minimum absolute atomic E-state index is 0.0129. The molecule has 0 unspecified atom stereocenters. The van der Waals surface area contributed by atoms with E-state index in [1.54, 1.807) is 12.1 Å². The van der Waals surface area contributed by atoms with E-state index < -0.39 is 9.84 Å². The monoisotopic (exact) mass is 353 g/mol. The van der Waals surface area contributed by atoms with Crippen LogP contribution in [0, 0.1) is 0 Å². The molecule has 1 aromatic carbocycles. The van der Waals surface area contributed by atoms with Gasteiger partial charge in [-0.15, -0.1) is 0 Å². The summed E-state index contributed by atoms with van der Waals surface area (Å²) >= 11 is 0. The van der Waals surface area contributed by atoms with Gasteiger partial charge in [0.25, 0.3) is 0 Å². The lowest BCUT2D eigenvalue weighted by Gasteiger charge is -2.43. The van der Waals surface area contributed by atoms with Crippen molar-refractivity contribution in [2.75, 3.05) is 25.4 Å². The summed E-state index contributed by atoms with van der Waals surface area (Å²) in [6.07, 6.45) is 3.08. The van der Waals surface area contributed by atoms with E-state index in [1.165, 1.54) is 0 Å². The number of benzene rings is 1. The Hall–Kier alpha value is -0.910. The van der Waals surface area contributed by atoms with Gasteiger partial charge in [0.1, 0.15) is 0 Å². The molecule has 1 fully saturated rings. The predicted molar refractivity (Wildman–Crippen MR) is 98.1 cm³/mol. The Bertz CT molecular complexity index is 646. The first kappa shape index (κ1) is 19.4. The molecule has 0 saturated carbocycles. The summed E-state index contributed by atoms with van der Waals surface area (Å²) < 4.78 is 25.3. The zero-order chi connectivity index (χ0) is 18.0. The second kappa shape index (κ2) is 7.14. The highest BCUT2D eigenvalue weighted by atomic mass is 32.2. The molecule has 1 atom stereocenters. The maximum Gasteiger partial charge on any atom is 0.179 e. The third-order valence-corrected chi connectivity index (χ3v) is 6.92. The van der Waals surface area contributed by atoms with Crippen LogP contribution in [-0.2, 0) is 15.3 Å². The average Bonchev–Trinajstić information content (AvgIpc) is 2.53. The molecule has 0 aromatic heterocycles. The van der Waals surface area contributed by atoms with Crippen molar-refractivity contribution in [3.63, 3.8) is 0 Å². The molecule has 1 N–H and O–H groups in total. The van der Waals surface area contributed by atoms with Crippen LogP contribution in [0.3, 0.4) is 0 Å². The van der Waals surface area contributed by atoms with Crippen LogP contribution in [0.2, 0.25) is 0 Å². The molecule has 4 nitrogen and oxygen atoms in total. The number of sulfone groups is 1. The molecule has 5 heteroatoms. The zero-order valence-electron chi connectivity index (χ0n) is 15.4. The highest BCUT2D eigenvalue weighted by Gasteiger charge is 2.34. The molecule has 1 saturated heterocycles. The summed E-state index contributed by atoms with van der Waals surface area (Å²) in [4.78, 5) is 2.52. The minimum Gasteiger partial charge on any atom is -0.394 e. The topological polar surface area (TPSA) is 57.6 Å². The van der Waals surface area contributed by atoms with Gasteiger partial charge >= 0.3 is 0 Å². The maximum absolute atomic E-state index is 12.6. The average molecular weight is 354 g/mol. The zero-order valence-corrected chi connectivity index (χ0v) is 16.2. The summed E-state index contributed by atoms with van der Waals surface area (Å²) in [5, 5.41) is 9.68. The smallest absolute Gasteiger partial charge is 0.179 e. The molecule has 0 radical (unpaired) electrons. The van der Waals surface area contributed by atoms with Crippen LogP contribution in [0.4, 0.5) is 0 Å². The fraction of sp³-hybridized carbons (Fsp3) is 0.684. The Morgan fingerprint density at radius 1 is 1.17 bits per heavy atom. The van der Waals surface area contributed by atoms with Crippen molar-refractivity contribution in [3.05, 3.63) is 29.8 Å². The molecule has 1 aromatic rings. The van der Waals surface area contributed by atoms with E-state index in [2.05, 4.69) is 25.7 Å². The van der Waals surface area contributed by atoms with Crippen molar-refractivity contribution in [2.24, 2.45) is 0 Å². The molecule has 0 bridgehead atoms. The number of hydrogen-bond acceptors (Lipinski definition) is 4. The van der Waals surface area contributed by atoms with Gasteiger partial charge in [0.05, 0.1) is 17.3 Å². The summed E-state index contributed by atoms with van der Waals surface area (Å²) in [6.45, 7) is 9.77. The summed E-state index contributed by atoms with van der Waals surface area (Å²) in [6, 6.07) is 7.26. The van der Waals surface area contributed by atoms with Gasteiger partial charge < -0.3 is 5.11 Å².